The molecular formula is C33H30ClFN6O6. The predicted octanol–water partition coefficient (Wildman–Crippen LogP) is 5.18. The maximum atomic E-state index is 15.3. The van der Waals surface area contributed by atoms with Crippen LogP contribution in [0, 0.1) is 5.82 Å². The minimum Gasteiger partial charge on any atom is -0.493 e. The first-order chi connectivity index (χ1) is 22.8. The van der Waals surface area contributed by atoms with Crippen molar-refractivity contribution in [2.24, 2.45) is 0 Å². The summed E-state index contributed by atoms with van der Waals surface area (Å²) in [6.45, 7) is 3.77. The number of fused-ring (bicyclic) bond motifs is 1. The maximum Gasteiger partial charge on any atom is 0.349 e. The third kappa shape index (κ3) is 7.26. The van der Waals surface area contributed by atoms with Crippen LogP contribution < -0.4 is 30.8 Å². The van der Waals surface area contributed by atoms with E-state index in [1.54, 1.807) is 24.4 Å². The molecular weight excluding hydrogens is 631 g/mol. The summed E-state index contributed by atoms with van der Waals surface area (Å²) < 4.78 is 33.6. The molecule has 2 N–H and O–H groups in total. The van der Waals surface area contributed by atoms with Crippen molar-refractivity contribution in [3.8, 4) is 28.7 Å². The lowest BCUT2D eigenvalue weighted by Crippen LogP contribution is -2.37. The number of benzene rings is 3. The molecule has 1 aliphatic rings. The Morgan fingerprint density at radius 1 is 1.00 bits per heavy atom. The Morgan fingerprint density at radius 2 is 1.79 bits per heavy atom. The number of hydrogen-bond acceptors (Lipinski definition) is 9. The summed E-state index contributed by atoms with van der Waals surface area (Å²) in [5.41, 5.74) is -1.59. The Bertz CT molecular complexity index is 2050. The predicted molar refractivity (Wildman–Crippen MR) is 174 cm³/mol. The molecule has 0 bridgehead atoms. The van der Waals surface area contributed by atoms with Gasteiger partial charge in [-0.05, 0) is 80.9 Å². The third-order valence-corrected chi connectivity index (χ3v) is 7.84. The van der Waals surface area contributed by atoms with Crippen molar-refractivity contribution in [1.82, 2.24) is 24.6 Å². The van der Waals surface area contributed by atoms with Crippen molar-refractivity contribution in [2.45, 2.75) is 19.3 Å². The number of anilines is 1. The van der Waals surface area contributed by atoms with Gasteiger partial charge in [0.05, 0.1) is 24.9 Å². The van der Waals surface area contributed by atoms with Gasteiger partial charge >= 0.3 is 5.69 Å². The summed E-state index contributed by atoms with van der Waals surface area (Å²) in [7, 11) is 1.54. The van der Waals surface area contributed by atoms with Crippen LogP contribution in [0.3, 0.4) is 0 Å². The zero-order valence-electron chi connectivity index (χ0n) is 25.3. The first kappa shape index (κ1) is 31.7. The number of pyridine rings is 1. The van der Waals surface area contributed by atoms with Crippen molar-refractivity contribution in [3.63, 3.8) is 0 Å². The van der Waals surface area contributed by atoms with Crippen molar-refractivity contribution < 1.29 is 23.4 Å². The van der Waals surface area contributed by atoms with Crippen molar-refractivity contribution in [1.29, 1.82) is 0 Å². The van der Waals surface area contributed by atoms with Crippen LogP contribution in [0.15, 0.2) is 76.4 Å². The van der Waals surface area contributed by atoms with Crippen LogP contribution in [0.4, 0.5) is 10.1 Å². The molecule has 14 heteroatoms. The number of ether oxygens (including phenoxy) is 3. The fraction of sp³-hybridized carbons (Fsp3) is 0.242. The lowest BCUT2D eigenvalue weighted by Gasteiger charge is -2.16. The van der Waals surface area contributed by atoms with Gasteiger partial charge in [0.2, 0.25) is 5.69 Å². The zero-order valence-corrected chi connectivity index (χ0v) is 26.1. The van der Waals surface area contributed by atoms with Crippen molar-refractivity contribution in [3.05, 3.63) is 104 Å². The number of nitrogens with one attached hydrogen (secondary N) is 2. The lowest BCUT2D eigenvalue weighted by atomic mass is 10.1. The number of likely N-dealkylation sites (tertiary alicyclic amines) is 1. The van der Waals surface area contributed by atoms with Crippen LogP contribution in [0.5, 0.6) is 23.0 Å². The summed E-state index contributed by atoms with van der Waals surface area (Å²) in [5.74, 6) is -0.502. The van der Waals surface area contributed by atoms with E-state index in [0.717, 1.165) is 36.8 Å². The second-order valence-electron chi connectivity index (χ2n) is 10.8. The van der Waals surface area contributed by atoms with Gasteiger partial charge in [-0.25, -0.2) is 9.18 Å². The van der Waals surface area contributed by atoms with Crippen molar-refractivity contribution >= 4 is 34.1 Å². The van der Waals surface area contributed by atoms with Crippen LogP contribution in [0.25, 0.3) is 16.6 Å². The SMILES string of the molecule is COc1cc2c(Oc3ccc(NC(=O)c4nn(-c5ccc(Cl)cc5)c(=O)[nH]c4=O)cc3F)ccnc2cc1OCCCN1CCCC1. The molecule has 0 unspecified atom stereocenters. The molecule has 0 atom stereocenters. The summed E-state index contributed by atoms with van der Waals surface area (Å²) in [5, 5.41) is 7.34. The van der Waals surface area contributed by atoms with E-state index in [4.69, 9.17) is 25.8 Å². The molecule has 5 aromatic rings. The number of aromatic amines is 1. The van der Waals surface area contributed by atoms with Gasteiger partial charge in [0, 0.05) is 41.0 Å². The molecule has 1 saturated heterocycles. The van der Waals surface area contributed by atoms with Crippen LogP contribution >= 0.6 is 11.6 Å². The third-order valence-electron chi connectivity index (χ3n) is 7.59. The van der Waals surface area contributed by atoms with Gasteiger partial charge in [-0.15, -0.1) is 0 Å². The minimum atomic E-state index is -1.01. The first-order valence-corrected chi connectivity index (χ1v) is 15.3. The molecule has 12 nitrogen and oxygen atoms in total. The number of nitrogens with zero attached hydrogens (tertiary/aromatic N) is 4. The highest BCUT2D eigenvalue weighted by molar-refractivity contribution is 6.30. The highest BCUT2D eigenvalue weighted by Gasteiger charge is 2.19. The maximum absolute atomic E-state index is 15.3. The van der Waals surface area contributed by atoms with Crippen molar-refractivity contribution in [2.75, 3.05) is 38.7 Å². The second kappa shape index (κ2) is 14.0. The van der Waals surface area contributed by atoms with E-state index in [1.807, 2.05) is 0 Å². The van der Waals surface area contributed by atoms with Gasteiger partial charge < -0.3 is 24.4 Å². The summed E-state index contributed by atoms with van der Waals surface area (Å²) in [6.07, 6.45) is 4.91. The second-order valence-corrected chi connectivity index (χ2v) is 11.2. The number of aromatic nitrogens is 4. The number of H-pyrrole nitrogens is 1. The zero-order chi connectivity index (χ0) is 32.9. The smallest absolute Gasteiger partial charge is 0.349 e. The number of amides is 1. The van der Waals surface area contributed by atoms with Crippen LogP contribution in [-0.2, 0) is 0 Å². The lowest BCUT2D eigenvalue weighted by molar-refractivity contribution is 0.101. The molecule has 1 amide bonds. The monoisotopic (exact) mass is 660 g/mol. The van der Waals surface area contributed by atoms with E-state index in [0.29, 0.717) is 39.8 Å². The normalized spacial score (nSPS) is 13.1. The van der Waals surface area contributed by atoms with Gasteiger partial charge in [-0.3, -0.25) is 19.6 Å². The number of carbonyl (C=O) groups is 1. The molecule has 3 aromatic carbocycles. The average Bonchev–Trinajstić information content (AvgIpc) is 3.58. The molecule has 0 aliphatic carbocycles. The Balaban J connectivity index is 1.17. The Kier molecular flexibility index (Phi) is 9.45. The van der Waals surface area contributed by atoms with E-state index < -0.39 is 28.7 Å². The fourth-order valence-corrected chi connectivity index (χ4v) is 5.37. The average molecular weight is 661 g/mol. The topological polar surface area (TPSA) is 141 Å². The Morgan fingerprint density at radius 3 is 2.53 bits per heavy atom. The molecule has 3 heterocycles. The highest BCUT2D eigenvalue weighted by Crippen LogP contribution is 2.38. The quantitative estimate of drug-likeness (QED) is 0.183. The Labute approximate surface area is 272 Å². The van der Waals surface area contributed by atoms with Crippen LogP contribution in [0.1, 0.15) is 29.8 Å². The molecule has 0 spiro atoms. The highest BCUT2D eigenvalue weighted by atomic mass is 35.5. The molecule has 0 radical (unpaired) electrons. The molecule has 1 aliphatic heterocycles. The van der Waals surface area contributed by atoms with Gasteiger partial charge in [-0.1, -0.05) is 11.6 Å². The molecule has 1 fully saturated rings. The summed E-state index contributed by atoms with van der Waals surface area (Å²) in [6, 6.07) is 14.9. The number of halogens is 2. The first-order valence-electron chi connectivity index (χ1n) is 14.9. The fourth-order valence-electron chi connectivity index (χ4n) is 5.24. The van der Waals surface area contributed by atoms with E-state index >= 15 is 4.39 Å². The molecule has 242 valence electrons. The largest absolute Gasteiger partial charge is 0.493 e. The number of hydrogen-bond donors (Lipinski definition) is 2. The molecule has 0 saturated carbocycles. The Hall–Kier alpha value is -5.27. The van der Waals surface area contributed by atoms with Gasteiger partial charge in [0.15, 0.2) is 23.1 Å². The summed E-state index contributed by atoms with van der Waals surface area (Å²) >= 11 is 5.90. The van der Waals surface area contributed by atoms with Gasteiger partial charge in [0.25, 0.3) is 11.5 Å². The number of methoxy groups -OCH3 is 1. The minimum absolute atomic E-state index is 0.0260. The van der Waals surface area contributed by atoms with E-state index in [-0.39, 0.29) is 17.1 Å². The molecule has 47 heavy (non-hydrogen) atoms. The van der Waals surface area contributed by atoms with E-state index in [9.17, 15) is 14.4 Å². The molecule has 2 aromatic heterocycles. The van der Waals surface area contributed by atoms with Gasteiger partial charge in [-0.2, -0.15) is 9.78 Å². The van der Waals surface area contributed by atoms with E-state index in [2.05, 4.69) is 25.3 Å². The molecule has 6 rings (SSSR count). The standard InChI is InChI=1S/C33H30ClFN6O6/c1-45-28-18-23-25(19-29(28)46-16-4-15-40-13-2-3-14-40)36-12-11-26(23)47-27-10-7-21(17-24(27)35)37-31(42)30-32(43)38-33(44)41(39-30)22-8-5-20(34)6-9-22/h5-12,17-19H,2-4,13-16H2,1H3,(H,37,42)(H,38,43,44). The van der Waals surface area contributed by atoms with Crippen LogP contribution in [-0.4, -0.2) is 63.9 Å². The van der Waals surface area contributed by atoms with Crippen LogP contribution in [0.2, 0.25) is 5.02 Å². The summed E-state index contributed by atoms with van der Waals surface area (Å²) in [4.78, 5) is 46.6. The number of rotatable bonds is 11. The van der Waals surface area contributed by atoms with Gasteiger partial charge in [0.1, 0.15) is 5.75 Å². The number of carbonyl (C=O) groups excluding carboxylic acids is 1. The van der Waals surface area contributed by atoms with E-state index in [1.165, 1.54) is 56.3 Å².